The van der Waals surface area contributed by atoms with E-state index < -0.39 is 10.0 Å². The molecule has 0 radical (unpaired) electrons. The number of nitrogens with zero attached hydrogens (tertiary/aromatic N) is 1. The molecule has 0 aliphatic rings. The minimum Gasteiger partial charge on any atom is -0.497 e. The van der Waals surface area contributed by atoms with Gasteiger partial charge in [-0.2, -0.15) is 4.31 Å². The van der Waals surface area contributed by atoms with Crippen LogP contribution in [0.15, 0.2) is 53.4 Å². The molecule has 0 spiro atoms. The predicted molar refractivity (Wildman–Crippen MR) is 88.5 cm³/mol. The van der Waals surface area contributed by atoms with Gasteiger partial charge >= 0.3 is 0 Å². The average Bonchev–Trinajstić information content (AvgIpc) is 2.56. The van der Waals surface area contributed by atoms with E-state index in [4.69, 9.17) is 4.74 Å². The lowest BCUT2D eigenvalue weighted by atomic mass is 10.1. The summed E-state index contributed by atoms with van der Waals surface area (Å²) < 4.78 is 31.5. The summed E-state index contributed by atoms with van der Waals surface area (Å²) in [5.41, 5.74) is 1.99. The highest BCUT2D eigenvalue weighted by atomic mass is 32.2. The molecule has 2 aromatic rings. The fraction of sp³-hybridized carbons (Fsp3) is 0.294. The Labute approximate surface area is 132 Å². The molecule has 2 aromatic carbocycles. The lowest BCUT2D eigenvalue weighted by Gasteiger charge is -2.18. The molecule has 0 amide bonds. The highest BCUT2D eigenvalue weighted by Gasteiger charge is 2.21. The molecule has 0 saturated heterocycles. The number of methoxy groups -OCH3 is 1. The van der Waals surface area contributed by atoms with Crippen molar-refractivity contribution in [3.63, 3.8) is 0 Å². The monoisotopic (exact) mass is 319 g/mol. The van der Waals surface area contributed by atoms with Crippen molar-refractivity contribution in [2.75, 3.05) is 20.2 Å². The number of benzene rings is 2. The van der Waals surface area contributed by atoms with Crippen molar-refractivity contribution in [2.45, 2.75) is 18.7 Å². The Morgan fingerprint density at radius 1 is 0.864 bits per heavy atom. The number of rotatable bonds is 6. The van der Waals surface area contributed by atoms with E-state index >= 15 is 0 Å². The van der Waals surface area contributed by atoms with E-state index in [1.165, 1.54) is 4.31 Å². The van der Waals surface area contributed by atoms with Crippen molar-refractivity contribution in [2.24, 2.45) is 0 Å². The summed E-state index contributed by atoms with van der Waals surface area (Å²) in [6.07, 6.45) is 0. The first kappa shape index (κ1) is 16.5. The summed E-state index contributed by atoms with van der Waals surface area (Å²) in [5.74, 6) is 0.796. The molecule has 2 rings (SSSR count). The normalized spacial score (nSPS) is 11.6. The summed E-state index contributed by atoms with van der Waals surface area (Å²) in [5, 5.41) is 0. The topological polar surface area (TPSA) is 46.6 Å². The van der Waals surface area contributed by atoms with Crippen molar-refractivity contribution in [1.29, 1.82) is 0 Å². The summed E-state index contributed by atoms with van der Waals surface area (Å²) in [6, 6.07) is 14.7. The van der Waals surface area contributed by atoms with Crippen LogP contribution in [0.3, 0.4) is 0 Å². The molecule has 0 saturated carbocycles. The fourth-order valence-corrected chi connectivity index (χ4v) is 3.77. The predicted octanol–water partition coefficient (Wildman–Crippen LogP) is 3.39. The maximum atomic E-state index is 12.4. The number of hydrogen-bond donors (Lipinski definition) is 0. The zero-order chi connectivity index (χ0) is 16.2. The molecule has 118 valence electrons. The minimum atomic E-state index is -3.40. The zero-order valence-electron chi connectivity index (χ0n) is 13.1. The van der Waals surface area contributed by atoms with Gasteiger partial charge in [-0.1, -0.05) is 38.1 Å². The number of ether oxygens (including phenoxy) is 1. The van der Waals surface area contributed by atoms with Crippen LogP contribution in [0.4, 0.5) is 0 Å². The molecule has 0 N–H and O–H groups in total. The van der Waals surface area contributed by atoms with E-state index in [1.807, 2.05) is 50.2 Å². The molecule has 0 aliphatic heterocycles. The Hall–Kier alpha value is -1.85. The van der Waals surface area contributed by atoms with E-state index in [2.05, 4.69) is 0 Å². The SMILES string of the molecule is CCN(CC)S(=O)(=O)c1ccc(-c2ccc(OC)cc2)cc1. The van der Waals surface area contributed by atoms with Crippen LogP contribution in [-0.2, 0) is 10.0 Å². The Morgan fingerprint density at radius 3 is 1.73 bits per heavy atom. The van der Waals surface area contributed by atoms with E-state index in [0.29, 0.717) is 18.0 Å². The van der Waals surface area contributed by atoms with Gasteiger partial charge in [0.15, 0.2) is 0 Å². The molecule has 4 nitrogen and oxygen atoms in total. The van der Waals surface area contributed by atoms with Gasteiger partial charge in [0.1, 0.15) is 5.75 Å². The van der Waals surface area contributed by atoms with Crippen LogP contribution in [0.25, 0.3) is 11.1 Å². The lowest BCUT2D eigenvalue weighted by Crippen LogP contribution is -2.30. The largest absolute Gasteiger partial charge is 0.497 e. The van der Waals surface area contributed by atoms with Crippen LogP contribution in [0.2, 0.25) is 0 Å². The van der Waals surface area contributed by atoms with Crippen LogP contribution in [0.1, 0.15) is 13.8 Å². The Morgan fingerprint density at radius 2 is 1.32 bits per heavy atom. The van der Waals surface area contributed by atoms with Crippen LogP contribution in [0.5, 0.6) is 5.75 Å². The minimum absolute atomic E-state index is 0.327. The van der Waals surface area contributed by atoms with Crippen LogP contribution in [0, 0.1) is 0 Å². The van der Waals surface area contributed by atoms with Crippen molar-refractivity contribution in [1.82, 2.24) is 4.31 Å². The van der Waals surface area contributed by atoms with Crippen LogP contribution >= 0.6 is 0 Å². The molecule has 0 fully saturated rings. The number of hydrogen-bond acceptors (Lipinski definition) is 3. The Balaban J connectivity index is 2.30. The summed E-state index contributed by atoms with van der Waals surface area (Å²) >= 11 is 0. The van der Waals surface area contributed by atoms with E-state index in [1.54, 1.807) is 19.2 Å². The van der Waals surface area contributed by atoms with Crippen molar-refractivity contribution in [3.8, 4) is 16.9 Å². The fourth-order valence-electron chi connectivity index (χ4n) is 2.32. The third-order valence-electron chi connectivity index (χ3n) is 3.62. The van der Waals surface area contributed by atoms with Crippen LogP contribution in [-0.4, -0.2) is 32.9 Å². The van der Waals surface area contributed by atoms with Gasteiger partial charge in [0.25, 0.3) is 0 Å². The molecular weight excluding hydrogens is 298 g/mol. The first-order chi connectivity index (χ1) is 10.5. The average molecular weight is 319 g/mol. The van der Waals surface area contributed by atoms with Gasteiger partial charge in [0.05, 0.1) is 12.0 Å². The summed E-state index contributed by atoms with van der Waals surface area (Å²) in [6.45, 7) is 4.62. The quantitative estimate of drug-likeness (QED) is 0.820. The number of sulfonamides is 1. The van der Waals surface area contributed by atoms with E-state index in [-0.39, 0.29) is 0 Å². The second-order valence-corrected chi connectivity index (χ2v) is 6.78. The second-order valence-electron chi connectivity index (χ2n) is 4.84. The Kier molecular flexibility index (Phi) is 5.21. The molecule has 5 heteroatoms. The third kappa shape index (κ3) is 3.31. The summed E-state index contributed by atoms with van der Waals surface area (Å²) in [7, 11) is -1.77. The van der Waals surface area contributed by atoms with Gasteiger partial charge in [-0.3, -0.25) is 0 Å². The smallest absolute Gasteiger partial charge is 0.243 e. The van der Waals surface area contributed by atoms with Gasteiger partial charge < -0.3 is 4.74 Å². The van der Waals surface area contributed by atoms with E-state index in [9.17, 15) is 8.42 Å². The van der Waals surface area contributed by atoms with Crippen molar-refractivity contribution in [3.05, 3.63) is 48.5 Å². The molecule has 0 aromatic heterocycles. The molecule has 22 heavy (non-hydrogen) atoms. The maximum absolute atomic E-state index is 12.4. The first-order valence-corrected chi connectivity index (χ1v) is 8.71. The lowest BCUT2D eigenvalue weighted by molar-refractivity contribution is 0.415. The molecule has 0 heterocycles. The van der Waals surface area contributed by atoms with Gasteiger partial charge in [0.2, 0.25) is 10.0 Å². The Bertz CT molecular complexity index is 703. The third-order valence-corrected chi connectivity index (χ3v) is 5.68. The van der Waals surface area contributed by atoms with E-state index in [0.717, 1.165) is 16.9 Å². The van der Waals surface area contributed by atoms with Crippen molar-refractivity contribution >= 4 is 10.0 Å². The van der Waals surface area contributed by atoms with Gasteiger partial charge in [-0.15, -0.1) is 0 Å². The standard InChI is InChI=1S/C17H21NO3S/c1-4-18(5-2)22(19,20)17-12-8-15(9-13-17)14-6-10-16(21-3)11-7-14/h6-13H,4-5H2,1-3H3. The van der Waals surface area contributed by atoms with Gasteiger partial charge in [-0.05, 0) is 35.4 Å². The van der Waals surface area contributed by atoms with Crippen molar-refractivity contribution < 1.29 is 13.2 Å². The maximum Gasteiger partial charge on any atom is 0.243 e. The molecule has 0 atom stereocenters. The second kappa shape index (κ2) is 6.94. The zero-order valence-corrected chi connectivity index (χ0v) is 13.9. The van der Waals surface area contributed by atoms with Gasteiger partial charge in [-0.25, -0.2) is 8.42 Å². The molecular formula is C17H21NO3S. The molecule has 0 aliphatic carbocycles. The first-order valence-electron chi connectivity index (χ1n) is 7.27. The molecule has 0 unspecified atom stereocenters. The highest BCUT2D eigenvalue weighted by molar-refractivity contribution is 7.89. The van der Waals surface area contributed by atoms with Gasteiger partial charge in [0, 0.05) is 13.1 Å². The molecule has 0 bridgehead atoms. The highest BCUT2D eigenvalue weighted by Crippen LogP contribution is 2.24. The summed E-state index contributed by atoms with van der Waals surface area (Å²) in [4.78, 5) is 0.327. The van der Waals surface area contributed by atoms with Crippen LogP contribution < -0.4 is 4.74 Å².